The van der Waals surface area contributed by atoms with Gasteiger partial charge in [-0.05, 0) is 18.4 Å². The molecule has 1 amide bonds. The third-order valence-corrected chi connectivity index (χ3v) is 3.28. The van der Waals surface area contributed by atoms with Crippen molar-refractivity contribution in [2.75, 3.05) is 32.1 Å². The molecule has 0 spiro atoms. The number of benzene rings is 1. The molecule has 0 radical (unpaired) electrons. The Kier molecular flexibility index (Phi) is 7.00. The van der Waals surface area contributed by atoms with E-state index in [9.17, 15) is 4.79 Å². The van der Waals surface area contributed by atoms with E-state index in [1.807, 2.05) is 18.2 Å². The topological polar surface area (TPSA) is 76.1 Å². The molecule has 1 aromatic heterocycles. The van der Waals surface area contributed by atoms with Crippen molar-refractivity contribution >= 4 is 11.7 Å². The Balaban J connectivity index is 1.75. The molecule has 2 rings (SSSR count). The van der Waals surface area contributed by atoms with Crippen LogP contribution in [-0.2, 0) is 11.2 Å². The molecule has 2 aromatic rings. The Morgan fingerprint density at radius 1 is 1.17 bits per heavy atom. The summed E-state index contributed by atoms with van der Waals surface area (Å²) < 4.78 is 4.96. The maximum atomic E-state index is 12.1. The summed E-state index contributed by atoms with van der Waals surface area (Å²) in [7, 11) is 1.63. The van der Waals surface area contributed by atoms with Crippen molar-refractivity contribution in [1.29, 1.82) is 0 Å². The summed E-state index contributed by atoms with van der Waals surface area (Å²) in [6, 6.07) is 11.9. The molecule has 0 aliphatic rings. The van der Waals surface area contributed by atoms with Crippen LogP contribution in [0.3, 0.4) is 0 Å². The first-order valence-electron chi connectivity index (χ1n) is 7.66. The van der Waals surface area contributed by atoms with Gasteiger partial charge in [0, 0.05) is 26.3 Å². The van der Waals surface area contributed by atoms with Gasteiger partial charge in [-0.15, -0.1) is 0 Å². The van der Waals surface area contributed by atoms with E-state index < -0.39 is 0 Å². The first-order valence-corrected chi connectivity index (χ1v) is 7.66. The molecule has 2 N–H and O–H groups in total. The molecule has 0 aliphatic heterocycles. The number of aromatic nitrogens is 2. The van der Waals surface area contributed by atoms with Crippen LogP contribution in [0.2, 0.25) is 0 Å². The summed E-state index contributed by atoms with van der Waals surface area (Å²) in [4.78, 5) is 20.2. The van der Waals surface area contributed by atoms with Gasteiger partial charge in [0.2, 0.25) is 0 Å². The minimum absolute atomic E-state index is 0.185. The van der Waals surface area contributed by atoms with Crippen LogP contribution >= 0.6 is 0 Å². The molecule has 23 heavy (non-hydrogen) atoms. The number of rotatable bonds is 9. The summed E-state index contributed by atoms with van der Waals surface area (Å²) >= 11 is 0. The Morgan fingerprint density at radius 3 is 2.78 bits per heavy atom. The van der Waals surface area contributed by atoms with Gasteiger partial charge >= 0.3 is 0 Å². The smallest absolute Gasteiger partial charge is 0.270 e. The van der Waals surface area contributed by atoms with E-state index in [2.05, 4.69) is 32.7 Å². The molecule has 0 bridgehead atoms. The summed E-state index contributed by atoms with van der Waals surface area (Å²) in [5.74, 6) is 0.432. The summed E-state index contributed by atoms with van der Waals surface area (Å²) in [6.07, 6.45) is 3.21. The van der Waals surface area contributed by atoms with Crippen molar-refractivity contribution in [3.8, 4) is 0 Å². The normalized spacial score (nSPS) is 10.3. The lowest BCUT2D eigenvalue weighted by atomic mass is 10.1. The summed E-state index contributed by atoms with van der Waals surface area (Å²) in [5.41, 5.74) is 1.63. The van der Waals surface area contributed by atoms with Crippen LogP contribution in [0.1, 0.15) is 22.5 Å². The van der Waals surface area contributed by atoms with Crippen LogP contribution < -0.4 is 10.6 Å². The van der Waals surface area contributed by atoms with Gasteiger partial charge in [-0.3, -0.25) is 4.79 Å². The first-order chi connectivity index (χ1) is 11.3. The largest absolute Gasteiger partial charge is 0.383 e. The first kappa shape index (κ1) is 16.9. The average Bonchev–Trinajstić information content (AvgIpc) is 2.60. The van der Waals surface area contributed by atoms with Gasteiger partial charge in [-0.2, -0.15) is 0 Å². The Morgan fingerprint density at radius 2 is 2.00 bits per heavy atom. The quantitative estimate of drug-likeness (QED) is 0.691. The van der Waals surface area contributed by atoms with Crippen molar-refractivity contribution in [3.63, 3.8) is 0 Å². The molecule has 0 aliphatic carbocycles. The molecule has 1 heterocycles. The van der Waals surface area contributed by atoms with E-state index in [0.29, 0.717) is 31.2 Å². The highest BCUT2D eigenvalue weighted by Gasteiger charge is 2.08. The molecule has 0 atom stereocenters. The van der Waals surface area contributed by atoms with E-state index in [-0.39, 0.29) is 5.91 Å². The van der Waals surface area contributed by atoms with Crippen molar-refractivity contribution in [2.45, 2.75) is 12.8 Å². The number of aryl methyl sites for hydroxylation is 1. The molecule has 0 fully saturated rings. The van der Waals surface area contributed by atoms with E-state index in [0.717, 1.165) is 12.8 Å². The molecule has 1 aromatic carbocycles. The monoisotopic (exact) mass is 314 g/mol. The van der Waals surface area contributed by atoms with Crippen LogP contribution in [0.15, 0.2) is 42.7 Å². The SMILES string of the molecule is COCCNc1cc(C(=O)NCCCc2ccccc2)ncn1. The van der Waals surface area contributed by atoms with Gasteiger partial charge in [0.05, 0.1) is 6.61 Å². The second-order valence-corrected chi connectivity index (χ2v) is 5.05. The summed E-state index contributed by atoms with van der Waals surface area (Å²) in [6.45, 7) is 1.82. The molecule has 122 valence electrons. The maximum Gasteiger partial charge on any atom is 0.270 e. The number of ether oxygens (including phenoxy) is 1. The molecule has 6 heteroatoms. The standard InChI is InChI=1S/C17H22N4O2/c1-23-11-10-18-16-12-15(20-13-21-16)17(22)19-9-5-8-14-6-3-2-4-7-14/h2-4,6-7,12-13H,5,8-11H2,1H3,(H,19,22)(H,18,20,21). The van der Waals surface area contributed by atoms with Crippen molar-refractivity contribution in [1.82, 2.24) is 15.3 Å². The third kappa shape index (κ3) is 6.04. The number of amides is 1. The lowest BCUT2D eigenvalue weighted by molar-refractivity contribution is 0.0948. The van der Waals surface area contributed by atoms with E-state index in [4.69, 9.17) is 4.74 Å². The zero-order valence-corrected chi connectivity index (χ0v) is 13.3. The fourth-order valence-electron chi connectivity index (χ4n) is 2.09. The molecular weight excluding hydrogens is 292 g/mol. The number of hydrogen-bond acceptors (Lipinski definition) is 5. The van der Waals surface area contributed by atoms with Crippen LogP contribution in [0.25, 0.3) is 0 Å². The molecule has 6 nitrogen and oxygen atoms in total. The Hall–Kier alpha value is -2.47. The van der Waals surface area contributed by atoms with Gasteiger partial charge in [-0.1, -0.05) is 30.3 Å². The highest BCUT2D eigenvalue weighted by Crippen LogP contribution is 2.04. The molecule has 0 saturated heterocycles. The second-order valence-electron chi connectivity index (χ2n) is 5.05. The highest BCUT2D eigenvalue weighted by molar-refractivity contribution is 5.92. The second kappa shape index (κ2) is 9.53. The molecular formula is C17H22N4O2. The fourth-order valence-corrected chi connectivity index (χ4v) is 2.09. The molecule has 0 unspecified atom stereocenters. The Bertz CT molecular complexity index is 605. The van der Waals surface area contributed by atoms with Gasteiger partial charge in [0.25, 0.3) is 5.91 Å². The van der Waals surface area contributed by atoms with Crippen LogP contribution in [-0.4, -0.2) is 42.7 Å². The van der Waals surface area contributed by atoms with Gasteiger partial charge in [0.1, 0.15) is 17.8 Å². The predicted molar refractivity (Wildman–Crippen MR) is 89.5 cm³/mol. The van der Waals surface area contributed by atoms with Crippen LogP contribution in [0.4, 0.5) is 5.82 Å². The van der Waals surface area contributed by atoms with Crippen LogP contribution in [0, 0.1) is 0 Å². The van der Waals surface area contributed by atoms with Crippen molar-refractivity contribution in [3.05, 3.63) is 54.0 Å². The fraction of sp³-hybridized carbons (Fsp3) is 0.353. The lowest BCUT2D eigenvalue weighted by Crippen LogP contribution is -2.26. The van der Waals surface area contributed by atoms with E-state index in [1.165, 1.54) is 11.9 Å². The number of anilines is 1. The van der Waals surface area contributed by atoms with Crippen LogP contribution in [0.5, 0.6) is 0 Å². The molecule has 0 saturated carbocycles. The number of nitrogens with one attached hydrogen (secondary N) is 2. The lowest BCUT2D eigenvalue weighted by Gasteiger charge is -2.07. The Labute approximate surface area is 136 Å². The maximum absolute atomic E-state index is 12.1. The van der Waals surface area contributed by atoms with Gasteiger partial charge < -0.3 is 15.4 Å². The van der Waals surface area contributed by atoms with Gasteiger partial charge in [-0.25, -0.2) is 9.97 Å². The third-order valence-electron chi connectivity index (χ3n) is 3.28. The van der Waals surface area contributed by atoms with E-state index in [1.54, 1.807) is 13.2 Å². The number of hydrogen-bond donors (Lipinski definition) is 2. The number of nitrogens with zero attached hydrogens (tertiary/aromatic N) is 2. The minimum Gasteiger partial charge on any atom is -0.383 e. The average molecular weight is 314 g/mol. The van der Waals surface area contributed by atoms with Gasteiger partial charge in [0.15, 0.2) is 0 Å². The zero-order valence-electron chi connectivity index (χ0n) is 13.3. The minimum atomic E-state index is -0.185. The van der Waals surface area contributed by atoms with Crippen molar-refractivity contribution in [2.24, 2.45) is 0 Å². The van der Waals surface area contributed by atoms with Crippen molar-refractivity contribution < 1.29 is 9.53 Å². The summed E-state index contributed by atoms with van der Waals surface area (Å²) in [5, 5.41) is 5.96. The zero-order chi connectivity index (χ0) is 16.3. The number of carbonyl (C=O) groups is 1. The number of carbonyl (C=O) groups excluding carboxylic acids is 1. The predicted octanol–water partition coefficient (Wildman–Crippen LogP) is 1.90. The number of methoxy groups -OCH3 is 1. The highest BCUT2D eigenvalue weighted by atomic mass is 16.5. The van der Waals surface area contributed by atoms with E-state index >= 15 is 0 Å².